The largest absolute Gasteiger partial charge is 0.492 e. The summed E-state index contributed by atoms with van der Waals surface area (Å²) in [4.78, 5) is 16.1. The van der Waals surface area contributed by atoms with Gasteiger partial charge in [0.1, 0.15) is 5.75 Å². The first-order chi connectivity index (χ1) is 9.76. The van der Waals surface area contributed by atoms with Gasteiger partial charge in [-0.2, -0.15) is 0 Å². The summed E-state index contributed by atoms with van der Waals surface area (Å²) in [6.45, 7) is 5.95. The number of ether oxygens (including phenoxy) is 1. The number of carbonyl (C=O) groups is 1. The van der Waals surface area contributed by atoms with Crippen LogP contribution in [0.1, 0.15) is 13.3 Å². The molecule has 4 nitrogen and oxygen atoms in total. The van der Waals surface area contributed by atoms with Crippen LogP contribution >= 0.6 is 15.9 Å². The number of nitrogens with zero attached hydrogens (tertiary/aromatic N) is 2. The second-order valence-electron chi connectivity index (χ2n) is 4.71. The van der Waals surface area contributed by atoms with Gasteiger partial charge < -0.3 is 14.5 Å². The number of alkyl halides is 1. The summed E-state index contributed by atoms with van der Waals surface area (Å²) in [5.74, 6) is 1.16. The van der Waals surface area contributed by atoms with Gasteiger partial charge in [-0.05, 0) is 19.1 Å². The molecule has 0 N–H and O–H groups in total. The highest BCUT2D eigenvalue weighted by Gasteiger charge is 2.22. The van der Waals surface area contributed by atoms with Crippen molar-refractivity contribution in [2.24, 2.45) is 0 Å². The lowest BCUT2D eigenvalue weighted by molar-refractivity contribution is -0.131. The van der Waals surface area contributed by atoms with Crippen molar-refractivity contribution in [1.82, 2.24) is 4.90 Å². The maximum atomic E-state index is 11.9. The second-order valence-corrected chi connectivity index (χ2v) is 5.50. The van der Waals surface area contributed by atoms with E-state index in [-0.39, 0.29) is 5.91 Å². The van der Waals surface area contributed by atoms with E-state index in [1.807, 2.05) is 30.0 Å². The van der Waals surface area contributed by atoms with E-state index in [2.05, 4.69) is 26.9 Å². The van der Waals surface area contributed by atoms with Gasteiger partial charge in [0, 0.05) is 37.9 Å². The first-order valence-electron chi connectivity index (χ1n) is 7.06. The monoisotopic (exact) mass is 340 g/mol. The smallest absolute Gasteiger partial charge is 0.223 e. The third-order valence-electron chi connectivity index (χ3n) is 3.45. The van der Waals surface area contributed by atoms with Crippen LogP contribution in [0.25, 0.3) is 0 Å². The van der Waals surface area contributed by atoms with Crippen LogP contribution in [0.4, 0.5) is 5.69 Å². The molecule has 0 unspecified atom stereocenters. The highest BCUT2D eigenvalue weighted by Crippen LogP contribution is 2.28. The highest BCUT2D eigenvalue weighted by molar-refractivity contribution is 9.09. The molecule has 0 radical (unpaired) electrons. The number of hydrogen-bond donors (Lipinski definition) is 0. The summed E-state index contributed by atoms with van der Waals surface area (Å²) in [7, 11) is 0. The van der Waals surface area contributed by atoms with Crippen LogP contribution in [0.15, 0.2) is 24.3 Å². The second kappa shape index (κ2) is 7.53. The number of hydrogen-bond acceptors (Lipinski definition) is 3. The van der Waals surface area contributed by atoms with Crippen LogP contribution in [0.5, 0.6) is 5.75 Å². The third-order valence-corrected chi connectivity index (χ3v) is 3.84. The van der Waals surface area contributed by atoms with E-state index in [9.17, 15) is 4.79 Å². The summed E-state index contributed by atoms with van der Waals surface area (Å²) < 4.78 is 5.67. The molecule has 1 saturated heterocycles. The Bertz CT molecular complexity index is 445. The van der Waals surface area contributed by atoms with Crippen LogP contribution in [-0.2, 0) is 4.79 Å². The summed E-state index contributed by atoms with van der Waals surface area (Å²) >= 11 is 3.32. The summed E-state index contributed by atoms with van der Waals surface area (Å²) in [5, 5.41) is 0.735. The molecule has 0 bridgehead atoms. The van der Waals surface area contributed by atoms with Gasteiger partial charge in [0.05, 0.1) is 12.3 Å². The Balaban J connectivity index is 1.98. The number of rotatable bonds is 5. The molecule has 1 aliphatic rings. The lowest BCUT2D eigenvalue weighted by Crippen LogP contribution is -2.48. The van der Waals surface area contributed by atoms with Crippen LogP contribution in [0.3, 0.4) is 0 Å². The SMILES string of the molecule is CCOc1ccccc1N1CCN(C(=O)CCBr)CC1. The minimum absolute atomic E-state index is 0.236. The molecule has 1 amide bonds. The Labute approximate surface area is 128 Å². The van der Waals surface area contributed by atoms with Gasteiger partial charge in [0.2, 0.25) is 5.91 Å². The third kappa shape index (κ3) is 3.66. The molecule has 1 fully saturated rings. The van der Waals surface area contributed by atoms with Crippen molar-refractivity contribution in [3.05, 3.63) is 24.3 Å². The molecule has 0 spiro atoms. The number of benzene rings is 1. The normalized spacial score (nSPS) is 15.3. The molecule has 1 aromatic rings. The van der Waals surface area contributed by atoms with Crippen molar-refractivity contribution in [3.63, 3.8) is 0 Å². The topological polar surface area (TPSA) is 32.8 Å². The average Bonchev–Trinajstić information content (AvgIpc) is 2.49. The van der Waals surface area contributed by atoms with Gasteiger partial charge in [-0.3, -0.25) is 4.79 Å². The minimum Gasteiger partial charge on any atom is -0.492 e. The van der Waals surface area contributed by atoms with E-state index in [1.165, 1.54) is 0 Å². The zero-order chi connectivity index (χ0) is 14.4. The molecule has 0 atom stereocenters. The summed E-state index contributed by atoms with van der Waals surface area (Å²) in [5.41, 5.74) is 1.13. The van der Waals surface area contributed by atoms with E-state index in [0.29, 0.717) is 13.0 Å². The fourth-order valence-corrected chi connectivity index (χ4v) is 2.77. The molecule has 0 aliphatic carbocycles. The Morgan fingerprint density at radius 1 is 1.25 bits per heavy atom. The van der Waals surface area contributed by atoms with Crippen molar-refractivity contribution in [1.29, 1.82) is 0 Å². The fraction of sp³-hybridized carbons (Fsp3) is 0.533. The van der Waals surface area contributed by atoms with Crippen molar-refractivity contribution in [2.45, 2.75) is 13.3 Å². The maximum Gasteiger partial charge on any atom is 0.223 e. The lowest BCUT2D eigenvalue weighted by Gasteiger charge is -2.36. The first kappa shape index (κ1) is 15.2. The van der Waals surface area contributed by atoms with Gasteiger partial charge in [0.25, 0.3) is 0 Å². The van der Waals surface area contributed by atoms with Crippen molar-refractivity contribution < 1.29 is 9.53 Å². The lowest BCUT2D eigenvalue weighted by atomic mass is 10.2. The molecule has 5 heteroatoms. The van der Waals surface area contributed by atoms with Gasteiger partial charge in [-0.15, -0.1) is 0 Å². The van der Waals surface area contributed by atoms with Crippen LogP contribution < -0.4 is 9.64 Å². The molecule has 1 heterocycles. The molecule has 2 rings (SSSR count). The van der Waals surface area contributed by atoms with E-state index in [4.69, 9.17) is 4.74 Å². The Kier molecular flexibility index (Phi) is 5.71. The van der Waals surface area contributed by atoms with E-state index >= 15 is 0 Å². The number of anilines is 1. The van der Waals surface area contributed by atoms with E-state index < -0.39 is 0 Å². The molecule has 0 aromatic heterocycles. The van der Waals surface area contributed by atoms with Crippen LogP contribution in [-0.4, -0.2) is 48.9 Å². The molecule has 0 saturated carbocycles. The predicted molar refractivity (Wildman–Crippen MR) is 84.8 cm³/mol. The van der Waals surface area contributed by atoms with Crippen molar-refractivity contribution in [3.8, 4) is 5.75 Å². The Morgan fingerprint density at radius 2 is 1.95 bits per heavy atom. The predicted octanol–water partition coefficient (Wildman–Crippen LogP) is 2.52. The standard InChI is InChI=1S/C15H21BrN2O2/c1-2-20-14-6-4-3-5-13(14)17-9-11-18(12-10-17)15(19)7-8-16/h3-6H,2,7-12H2,1H3. The highest BCUT2D eigenvalue weighted by atomic mass is 79.9. The molecule has 1 aliphatic heterocycles. The van der Waals surface area contributed by atoms with Gasteiger partial charge >= 0.3 is 0 Å². The number of para-hydroxylation sites is 2. The Morgan fingerprint density at radius 3 is 2.60 bits per heavy atom. The summed E-state index contributed by atoms with van der Waals surface area (Å²) in [6, 6.07) is 8.10. The quantitative estimate of drug-likeness (QED) is 0.772. The number of carbonyl (C=O) groups excluding carboxylic acids is 1. The summed E-state index contributed by atoms with van der Waals surface area (Å²) in [6.07, 6.45) is 0.579. The van der Waals surface area contributed by atoms with Gasteiger partial charge in [-0.25, -0.2) is 0 Å². The van der Waals surface area contributed by atoms with Gasteiger partial charge in [0.15, 0.2) is 0 Å². The number of halogens is 1. The fourth-order valence-electron chi connectivity index (χ4n) is 2.43. The molecule has 1 aromatic carbocycles. The van der Waals surface area contributed by atoms with Crippen LogP contribution in [0, 0.1) is 0 Å². The average molecular weight is 341 g/mol. The maximum absolute atomic E-state index is 11.9. The number of piperazine rings is 1. The Hall–Kier alpha value is -1.23. The first-order valence-corrected chi connectivity index (χ1v) is 8.19. The molecule has 110 valence electrons. The molecule has 20 heavy (non-hydrogen) atoms. The van der Waals surface area contributed by atoms with E-state index in [0.717, 1.165) is 42.9 Å². The minimum atomic E-state index is 0.236. The zero-order valence-corrected chi connectivity index (χ0v) is 13.4. The van der Waals surface area contributed by atoms with E-state index in [1.54, 1.807) is 0 Å². The van der Waals surface area contributed by atoms with Crippen LogP contribution in [0.2, 0.25) is 0 Å². The number of amides is 1. The zero-order valence-electron chi connectivity index (χ0n) is 11.8. The molecular weight excluding hydrogens is 320 g/mol. The van der Waals surface area contributed by atoms with Crippen molar-refractivity contribution in [2.75, 3.05) is 43.0 Å². The van der Waals surface area contributed by atoms with Crippen molar-refractivity contribution >= 4 is 27.5 Å². The van der Waals surface area contributed by atoms with Gasteiger partial charge in [-0.1, -0.05) is 28.1 Å². The molecular formula is C15H21BrN2O2.